The van der Waals surface area contributed by atoms with Gasteiger partial charge in [-0.3, -0.25) is 4.79 Å². The molecule has 0 heterocycles. The lowest BCUT2D eigenvalue weighted by atomic mass is 10.2. The second-order valence-corrected chi connectivity index (χ2v) is 6.35. The Morgan fingerprint density at radius 2 is 1.30 bits per heavy atom. The van der Waals surface area contributed by atoms with Crippen LogP contribution in [0.4, 0.5) is 5.69 Å². The van der Waals surface area contributed by atoms with E-state index in [1.165, 1.54) is 0 Å². The molecule has 3 aromatic rings. The van der Waals surface area contributed by atoms with Crippen LogP contribution in [0.3, 0.4) is 0 Å². The van der Waals surface area contributed by atoms with E-state index in [0.29, 0.717) is 42.4 Å². The van der Waals surface area contributed by atoms with Crippen LogP contribution >= 0.6 is 0 Å². The zero-order valence-corrected chi connectivity index (χ0v) is 16.7. The number of amides is 1. The van der Waals surface area contributed by atoms with Gasteiger partial charge in [-0.1, -0.05) is 25.1 Å². The van der Waals surface area contributed by atoms with Crippen molar-refractivity contribution in [2.45, 2.75) is 13.3 Å². The van der Waals surface area contributed by atoms with Crippen molar-refractivity contribution < 1.29 is 23.8 Å². The second kappa shape index (κ2) is 10.7. The fraction of sp³-hybridized carbons (Fsp3) is 0.167. The summed E-state index contributed by atoms with van der Waals surface area (Å²) < 4.78 is 16.6. The van der Waals surface area contributed by atoms with Crippen LogP contribution in [0.2, 0.25) is 0 Å². The highest BCUT2D eigenvalue weighted by Crippen LogP contribution is 2.19. The maximum Gasteiger partial charge on any atom is 0.343 e. The number of rotatable bonds is 9. The molecule has 0 atom stereocenters. The summed E-state index contributed by atoms with van der Waals surface area (Å²) in [5.41, 5.74) is 1.06. The van der Waals surface area contributed by atoms with Crippen molar-refractivity contribution >= 4 is 17.6 Å². The number of hydrogen-bond donors (Lipinski definition) is 1. The largest absolute Gasteiger partial charge is 0.490 e. The van der Waals surface area contributed by atoms with E-state index in [2.05, 4.69) is 5.32 Å². The molecule has 0 aromatic heterocycles. The van der Waals surface area contributed by atoms with Gasteiger partial charge in [0.15, 0.2) is 0 Å². The van der Waals surface area contributed by atoms with Crippen molar-refractivity contribution in [3.05, 3.63) is 84.4 Å². The molecule has 3 aromatic carbocycles. The normalized spacial score (nSPS) is 10.2. The average molecular weight is 405 g/mol. The van der Waals surface area contributed by atoms with Crippen LogP contribution < -0.4 is 19.5 Å². The number of benzene rings is 3. The molecule has 0 saturated carbocycles. The Bertz CT molecular complexity index is 953. The summed E-state index contributed by atoms with van der Waals surface area (Å²) in [6, 6.07) is 22.9. The van der Waals surface area contributed by atoms with Crippen LogP contribution in [0, 0.1) is 0 Å². The zero-order valence-electron chi connectivity index (χ0n) is 16.7. The Labute approximate surface area is 175 Å². The summed E-state index contributed by atoms with van der Waals surface area (Å²) in [5.74, 6) is 1.28. The average Bonchev–Trinajstić information content (AvgIpc) is 2.79. The third-order valence-corrected chi connectivity index (χ3v) is 4.12. The molecule has 0 unspecified atom stereocenters. The molecule has 0 aliphatic heterocycles. The highest BCUT2D eigenvalue weighted by Gasteiger charge is 2.09. The van der Waals surface area contributed by atoms with Crippen molar-refractivity contribution in [1.82, 2.24) is 0 Å². The number of para-hydroxylation sites is 1. The lowest BCUT2D eigenvalue weighted by Crippen LogP contribution is -2.11. The fourth-order valence-electron chi connectivity index (χ4n) is 2.54. The van der Waals surface area contributed by atoms with E-state index in [9.17, 15) is 9.59 Å². The molecule has 0 saturated heterocycles. The van der Waals surface area contributed by atoms with Gasteiger partial charge in [0.1, 0.15) is 30.5 Å². The minimum Gasteiger partial charge on any atom is -0.490 e. The van der Waals surface area contributed by atoms with Crippen LogP contribution in [0.1, 0.15) is 23.7 Å². The molecule has 1 amide bonds. The maximum atomic E-state index is 12.3. The number of nitrogens with one attached hydrogen (secondary N) is 1. The molecule has 0 spiro atoms. The first-order chi connectivity index (χ1) is 14.6. The number of anilines is 1. The van der Waals surface area contributed by atoms with Crippen molar-refractivity contribution in [3.63, 3.8) is 0 Å². The third-order valence-electron chi connectivity index (χ3n) is 4.12. The molecule has 0 bridgehead atoms. The first-order valence-electron chi connectivity index (χ1n) is 9.67. The molecule has 1 N–H and O–H groups in total. The van der Waals surface area contributed by atoms with Gasteiger partial charge in [0, 0.05) is 12.1 Å². The Morgan fingerprint density at radius 1 is 0.733 bits per heavy atom. The summed E-state index contributed by atoms with van der Waals surface area (Å²) in [6.07, 6.45) is 0.399. The Morgan fingerprint density at radius 3 is 1.90 bits per heavy atom. The molecule has 6 heteroatoms. The number of carbonyl (C=O) groups is 2. The lowest BCUT2D eigenvalue weighted by molar-refractivity contribution is -0.115. The van der Waals surface area contributed by atoms with E-state index in [-0.39, 0.29) is 5.91 Å². The van der Waals surface area contributed by atoms with Gasteiger partial charge in [-0.25, -0.2) is 4.79 Å². The van der Waals surface area contributed by atoms with Crippen molar-refractivity contribution in [2.24, 2.45) is 0 Å². The quantitative estimate of drug-likeness (QED) is 0.317. The molecule has 3 rings (SSSR count). The van der Waals surface area contributed by atoms with E-state index < -0.39 is 5.97 Å². The molecule has 0 aliphatic rings. The highest BCUT2D eigenvalue weighted by molar-refractivity contribution is 5.92. The number of hydrogen-bond acceptors (Lipinski definition) is 5. The smallest absolute Gasteiger partial charge is 0.343 e. The van der Waals surface area contributed by atoms with E-state index in [0.717, 1.165) is 5.75 Å². The lowest BCUT2D eigenvalue weighted by Gasteiger charge is -2.09. The summed E-state index contributed by atoms with van der Waals surface area (Å²) in [7, 11) is 0. The van der Waals surface area contributed by atoms with Gasteiger partial charge in [0.25, 0.3) is 0 Å². The molecule has 0 aliphatic carbocycles. The van der Waals surface area contributed by atoms with Crippen molar-refractivity contribution in [3.8, 4) is 17.2 Å². The molecule has 30 heavy (non-hydrogen) atoms. The van der Waals surface area contributed by atoms with Gasteiger partial charge in [-0.2, -0.15) is 0 Å². The predicted octanol–water partition coefficient (Wildman–Crippen LogP) is 4.71. The van der Waals surface area contributed by atoms with Crippen molar-refractivity contribution in [1.29, 1.82) is 0 Å². The van der Waals surface area contributed by atoms with Gasteiger partial charge >= 0.3 is 5.97 Å². The standard InChI is InChI=1S/C24H23NO5/c1-2-23(26)25-19-10-14-22(15-11-19)30-24(27)18-8-12-21(13-9-18)29-17-16-28-20-6-4-3-5-7-20/h3-15H,2,16-17H2,1H3,(H,25,26). The van der Waals surface area contributed by atoms with E-state index in [1.807, 2.05) is 30.3 Å². The van der Waals surface area contributed by atoms with Crippen LogP contribution in [-0.2, 0) is 4.79 Å². The first kappa shape index (κ1) is 20.9. The van der Waals surface area contributed by atoms with Crippen LogP contribution in [-0.4, -0.2) is 25.1 Å². The van der Waals surface area contributed by atoms with Crippen LogP contribution in [0.25, 0.3) is 0 Å². The summed E-state index contributed by atoms with van der Waals surface area (Å²) in [6.45, 7) is 2.59. The Balaban J connectivity index is 1.45. The van der Waals surface area contributed by atoms with Gasteiger partial charge in [0.05, 0.1) is 5.56 Å². The Kier molecular flexibility index (Phi) is 7.44. The van der Waals surface area contributed by atoms with Crippen LogP contribution in [0.5, 0.6) is 17.2 Å². The maximum absolute atomic E-state index is 12.3. The Hall–Kier alpha value is -3.80. The van der Waals surface area contributed by atoms with E-state index in [4.69, 9.17) is 14.2 Å². The van der Waals surface area contributed by atoms with Gasteiger partial charge in [0.2, 0.25) is 5.91 Å². The van der Waals surface area contributed by atoms with Gasteiger partial charge in [-0.05, 0) is 60.7 Å². The fourth-order valence-corrected chi connectivity index (χ4v) is 2.54. The molecule has 0 fully saturated rings. The molecule has 0 radical (unpaired) electrons. The SMILES string of the molecule is CCC(=O)Nc1ccc(OC(=O)c2ccc(OCCOc3ccccc3)cc2)cc1. The number of esters is 1. The van der Waals surface area contributed by atoms with E-state index >= 15 is 0 Å². The molecule has 154 valence electrons. The number of carbonyl (C=O) groups excluding carboxylic acids is 2. The highest BCUT2D eigenvalue weighted by atomic mass is 16.5. The summed E-state index contributed by atoms with van der Waals surface area (Å²) >= 11 is 0. The van der Waals surface area contributed by atoms with Crippen LogP contribution in [0.15, 0.2) is 78.9 Å². The second-order valence-electron chi connectivity index (χ2n) is 6.35. The van der Waals surface area contributed by atoms with Gasteiger partial charge < -0.3 is 19.5 Å². The third kappa shape index (κ3) is 6.38. The zero-order chi connectivity index (χ0) is 21.2. The number of ether oxygens (including phenoxy) is 3. The summed E-state index contributed by atoms with van der Waals surface area (Å²) in [5, 5.41) is 2.74. The molecular weight excluding hydrogens is 382 g/mol. The predicted molar refractivity (Wildman–Crippen MR) is 114 cm³/mol. The molecule has 6 nitrogen and oxygen atoms in total. The molecular formula is C24H23NO5. The topological polar surface area (TPSA) is 73.9 Å². The summed E-state index contributed by atoms with van der Waals surface area (Å²) in [4.78, 5) is 23.7. The van der Waals surface area contributed by atoms with E-state index in [1.54, 1.807) is 55.5 Å². The first-order valence-corrected chi connectivity index (χ1v) is 9.67. The van der Waals surface area contributed by atoms with Crippen molar-refractivity contribution in [2.75, 3.05) is 18.5 Å². The minimum atomic E-state index is -0.473. The minimum absolute atomic E-state index is 0.0753. The van der Waals surface area contributed by atoms with Gasteiger partial charge in [-0.15, -0.1) is 0 Å². The monoisotopic (exact) mass is 405 g/mol.